The molecule has 0 radical (unpaired) electrons. The average Bonchev–Trinajstić information content (AvgIpc) is 2.17. The first-order chi connectivity index (χ1) is 8.52. The molecule has 3 aliphatic rings. The monoisotopic (exact) mass is 364 g/mol. The van der Waals surface area contributed by atoms with E-state index < -0.39 is 11.8 Å². The second-order valence-corrected chi connectivity index (χ2v) is 6.41. The first kappa shape index (κ1) is 12.5. The average molecular weight is 364 g/mol. The molecule has 1 spiro atoms. The summed E-state index contributed by atoms with van der Waals surface area (Å²) in [6.07, 6.45) is 2.46. The van der Waals surface area contributed by atoms with Crippen LogP contribution in [0.25, 0.3) is 0 Å². The SMILES string of the molecule is CC1=C(I)OC2(CN(C(=O)C3CCC3)C2)C(O)N1. The van der Waals surface area contributed by atoms with Crippen molar-refractivity contribution in [3.05, 3.63) is 9.46 Å². The zero-order valence-electron chi connectivity index (χ0n) is 10.3. The van der Waals surface area contributed by atoms with Crippen LogP contribution in [0.15, 0.2) is 9.46 Å². The molecule has 100 valence electrons. The topological polar surface area (TPSA) is 61.8 Å². The number of aliphatic hydroxyl groups is 1. The second kappa shape index (κ2) is 4.26. The third-order valence-corrected chi connectivity index (χ3v) is 5.15. The molecule has 2 fully saturated rings. The number of carbonyl (C=O) groups excluding carboxylic acids is 1. The zero-order chi connectivity index (χ0) is 12.9. The Labute approximate surface area is 120 Å². The number of likely N-dealkylation sites (tertiary alicyclic amines) is 1. The summed E-state index contributed by atoms with van der Waals surface area (Å²) in [5.74, 6) is 0.441. The van der Waals surface area contributed by atoms with Crippen molar-refractivity contribution in [2.24, 2.45) is 5.92 Å². The molecule has 1 unspecified atom stereocenters. The van der Waals surface area contributed by atoms with Crippen LogP contribution < -0.4 is 5.32 Å². The highest BCUT2D eigenvalue weighted by atomic mass is 127. The summed E-state index contributed by atoms with van der Waals surface area (Å²) in [5, 5.41) is 13.1. The summed E-state index contributed by atoms with van der Waals surface area (Å²) in [6, 6.07) is 0. The number of ether oxygens (including phenoxy) is 1. The summed E-state index contributed by atoms with van der Waals surface area (Å²) in [5.41, 5.74) is 0.201. The molecule has 1 aliphatic carbocycles. The number of allylic oxidation sites excluding steroid dienone is 1. The number of aliphatic hydroxyl groups excluding tert-OH is 1. The van der Waals surface area contributed by atoms with E-state index in [4.69, 9.17) is 4.74 Å². The minimum atomic E-state index is -0.735. The number of amides is 1. The van der Waals surface area contributed by atoms with Crippen LogP contribution in [0.3, 0.4) is 0 Å². The van der Waals surface area contributed by atoms with Crippen molar-refractivity contribution in [1.82, 2.24) is 10.2 Å². The maximum atomic E-state index is 12.0. The Kier molecular flexibility index (Phi) is 2.97. The highest BCUT2D eigenvalue weighted by Crippen LogP contribution is 2.39. The largest absolute Gasteiger partial charge is 0.471 e. The molecule has 5 nitrogen and oxygen atoms in total. The molecule has 1 saturated heterocycles. The van der Waals surface area contributed by atoms with Crippen molar-refractivity contribution >= 4 is 28.5 Å². The Morgan fingerprint density at radius 3 is 2.78 bits per heavy atom. The van der Waals surface area contributed by atoms with Gasteiger partial charge in [-0.2, -0.15) is 0 Å². The first-order valence-electron chi connectivity index (χ1n) is 6.31. The molecule has 1 amide bonds. The van der Waals surface area contributed by atoms with Crippen molar-refractivity contribution in [3.63, 3.8) is 0 Å². The van der Waals surface area contributed by atoms with Gasteiger partial charge in [0.1, 0.15) is 0 Å². The fourth-order valence-corrected chi connectivity index (χ4v) is 3.20. The van der Waals surface area contributed by atoms with Gasteiger partial charge in [-0.05, 0) is 19.8 Å². The van der Waals surface area contributed by atoms with Crippen LogP contribution >= 0.6 is 22.6 Å². The van der Waals surface area contributed by atoms with E-state index in [1.807, 2.05) is 6.92 Å². The van der Waals surface area contributed by atoms with Gasteiger partial charge in [-0.15, -0.1) is 0 Å². The lowest BCUT2D eigenvalue weighted by atomic mass is 9.81. The fraction of sp³-hybridized carbons (Fsp3) is 0.750. The van der Waals surface area contributed by atoms with Crippen LogP contribution in [0, 0.1) is 5.92 Å². The molecule has 0 aromatic heterocycles. The molecule has 1 atom stereocenters. The Hall–Kier alpha value is -0.500. The number of rotatable bonds is 1. The van der Waals surface area contributed by atoms with Gasteiger partial charge in [0.25, 0.3) is 0 Å². The molecule has 3 rings (SSSR count). The number of nitrogens with zero attached hydrogens (tertiary/aromatic N) is 1. The summed E-state index contributed by atoms with van der Waals surface area (Å²) in [6.45, 7) is 2.83. The van der Waals surface area contributed by atoms with Crippen LogP contribution in [-0.4, -0.2) is 40.8 Å². The van der Waals surface area contributed by atoms with Crippen molar-refractivity contribution in [2.75, 3.05) is 13.1 Å². The minimum Gasteiger partial charge on any atom is -0.471 e. The molecule has 2 N–H and O–H groups in total. The first-order valence-corrected chi connectivity index (χ1v) is 7.38. The van der Waals surface area contributed by atoms with E-state index in [-0.39, 0.29) is 11.8 Å². The third-order valence-electron chi connectivity index (χ3n) is 4.12. The Morgan fingerprint density at radius 2 is 2.22 bits per heavy atom. The Balaban J connectivity index is 1.65. The van der Waals surface area contributed by atoms with Crippen LogP contribution in [0.5, 0.6) is 0 Å². The quantitative estimate of drug-likeness (QED) is 0.680. The number of nitrogens with one attached hydrogen (secondary N) is 1. The lowest BCUT2D eigenvalue weighted by molar-refractivity contribution is -0.198. The van der Waals surface area contributed by atoms with E-state index >= 15 is 0 Å². The Morgan fingerprint density at radius 1 is 1.56 bits per heavy atom. The minimum absolute atomic E-state index is 0.215. The zero-order valence-corrected chi connectivity index (χ0v) is 12.4. The number of hydrogen-bond acceptors (Lipinski definition) is 4. The highest BCUT2D eigenvalue weighted by Gasteiger charge is 2.55. The van der Waals surface area contributed by atoms with Gasteiger partial charge < -0.3 is 20.1 Å². The summed E-state index contributed by atoms with van der Waals surface area (Å²) in [4.78, 5) is 13.8. The molecule has 1 saturated carbocycles. The fourth-order valence-electron chi connectivity index (χ4n) is 2.61. The third kappa shape index (κ3) is 1.80. The number of halogens is 1. The molecule has 6 heteroatoms. The lowest BCUT2D eigenvalue weighted by Gasteiger charge is -2.54. The predicted octanol–water partition coefficient (Wildman–Crippen LogP) is 0.930. The van der Waals surface area contributed by atoms with Crippen LogP contribution in [0.2, 0.25) is 0 Å². The normalized spacial score (nSPS) is 30.4. The molecule has 0 bridgehead atoms. The maximum absolute atomic E-state index is 12.0. The van der Waals surface area contributed by atoms with E-state index in [1.54, 1.807) is 4.90 Å². The summed E-state index contributed by atoms with van der Waals surface area (Å²) < 4.78 is 6.58. The van der Waals surface area contributed by atoms with Gasteiger partial charge in [-0.3, -0.25) is 4.79 Å². The van der Waals surface area contributed by atoms with E-state index in [0.717, 1.165) is 28.7 Å². The van der Waals surface area contributed by atoms with Gasteiger partial charge >= 0.3 is 0 Å². The number of carbonyl (C=O) groups is 1. The summed E-state index contributed by atoms with van der Waals surface area (Å²) in [7, 11) is 0. The predicted molar refractivity (Wildman–Crippen MR) is 73.6 cm³/mol. The van der Waals surface area contributed by atoms with Crippen LogP contribution in [-0.2, 0) is 9.53 Å². The van der Waals surface area contributed by atoms with E-state index in [1.165, 1.54) is 0 Å². The van der Waals surface area contributed by atoms with Gasteiger partial charge in [-0.1, -0.05) is 6.42 Å². The molecule has 0 aromatic carbocycles. The smallest absolute Gasteiger partial charge is 0.225 e. The Bertz CT molecular complexity index is 414. The second-order valence-electron chi connectivity index (χ2n) is 5.43. The summed E-state index contributed by atoms with van der Waals surface area (Å²) >= 11 is 2.11. The van der Waals surface area contributed by atoms with Gasteiger partial charge in [0.05, 0.1) is 18.8 Å². The molecule has 2 aliphatic heterocycles. The van der Waals surface area contributed by atoms with Crippen molar-refractivity contribution in [2.45, 2.75) is 38.0 Å². The molecule has 2 heterocycles. The van der Waals surface area contributed by atoms with Crippen molar-refractivity contribution in [1.29, 1.82) is 0 Å². The van der Waals surface area contributed by atoms with Crippen molar-refractivity contribution in [3.8, 4) is 0 Å². The molecule has 18 heavy (non-hydrogen) atoms. The van der Waals surface area contributed by atoms with Gasteiger partial charge in [-0.25, -0.2) is 0 Å². The van der Waals surface area contributed by atoms with Gasteiger partial charge in [0.2, 0.25) is 5.91 Å². The van der Waals surface area contributed by atoms with E-state index in [2.05, 4.69) is 27.9 Å². The van der Waals surface area contributed by atoms with Gasteiger partial charge in [0.15, 0.2) is 15.6 Å². The lowest BCUT2D eigenvalue weighted by Crippen LogP contribution is -2.74. The standard InChI is InChI=1S/C12H17IN2O3/c1-7-9(13)18-12(11(17)14-7)5-15(6-12)10(16)8-3-2-4-8/h8,11,14,17H,2-6H2,1H3. The van der Waals surface area contributed by atoms with Crippen LogP contribution in [0.1, 0.15) is 26.2 Å². The highest BCUT2D eigenvalue weighted by molar-refractivity contribution is 14.1. The van der Waals surface area contributed by atoms with Crippen molar-refractivity contribution < 1.29 is 14.6 Å². The molecule has 0 aromatic rings. The van der Waals surface area contributed by atoms with Crippen LogP contribution in [0.4, 0.5) is 0 Å². The maximum Gasteiger partial charge on any atom is 0.225 e. The molecular formula is C12H17IN2O3. The van der Waals surface area contributed by atoms with Gasteiger partial charge in [0, 0.05) is 28.5 Å². The van der Waals surface area contributed by atoms with E-state index in [9.17, 15) is 9.90 Å². The number of hydrogen-bond donors (Lipinski definition) is 2. The molecular weight excluding hydrogens is 347 g/mol. The van der Waals surface area contributed by atoms with E-state index in [0.29, 0.717) is 13.1 Å².